The number of hydrogen-bond donors (Lipinski definition) is 0. The van der Waals surface area contributed by atoms with E-state index in [1.165, 1.54) is 7.11 Å². The molecule has 0 atom stereocenters. The normalized spacial score (nSPS) is 15.3. The average molecular weight is 319 g/mol. The number of ether oxygens (including phenoxy) is 1. The van der Waals surface area contributed by atoms with Gasteiger partial charge in [0.2, 0.25) is 11.8 Å². The smallest absolute Gasteiger partial charge is 0.259 e. The van der Waals surface area contributed by atoms with Crippen molar-refractivity contribution in [1.82, 2.24) is 14.8 Å². The van der Waals surface area contributed by atoms with Crippen molar-refractivity contribution in [3.05, 3.63) is 23.9 Å². The standard InChI is InChI=1S/C17H25N3O3/c1-4-19(5-2)16(21)13-8-11-20(12-9-13)17(22)14-7-6-10-18-15(14)23-3/h6-7,10,13H,4-5,8-9,11-12H2,1-3H3. The average Bonchev–Trinajstić information content (AvgIpc) is 2.62. The summed E-state index contributed by atoms with van der Waals surface area (Å²) in [5.41, 5.74) is 0.475. The SMILES string of the molecule is CCN(CC)C(=O)C1CCN(C(=O)c2cccnc2OC)CC1. The molecule has 1 aromatic heterocycles. The van der Waals surface area contributed by atoms with E-state index in [1.54, 1.807) is 23.2 Å². The molecule has 0 saturated carbocycles. The summed E-state index contributed by atoms with van der Waals surface area (Å²) < 4.78 is 5.16. The Morgan fingerprint density at radius 1 is 1.30 bits per heavy atom. The van der Waals surface area contributed by atoms with Crippen molar-refractivity contribution in [2.75, 3.05) is 33.3 Å². The van der Waals surface area contributed by atoms with Crippen molar-refractivity contribution in [2.45, 2.75) is 26.7 Å². The number of amides is 2. The van der Waals surface area contributed by atoms with Crippen molar-refractivity contribution in [2.24, 2.45) is 5.92 Å². The molecule has 6 nitrogen and oxygen atoms in total. The predicted octanol–water partition coefficient (Wildman–Crippen LogP) is 1.81. The molecule has 2 rings (SSSR count). The molecule has 126 valence electrons. The molecule has 0 aromatic carbocycles. The summed E-state index contributed by atoms with van der Waals surface area (Å²) >= 11 is 0. The van der Waals surface area contributed by atoms with Gasteiger partial charge in [-0.25, -0.2) is 4.98 Å². The molecule has 0 radical (unpaired) electrons. The third kappa shape index (κ3) is 3.81. The Bertz CT molecular complexity index is 550. The number of nitrogens with zero attached hydrogens (tertiary/aromatic N) is 3. The lowest BCUT2D eigenvalue weighted by atomic mass is 9.94. The lowest BCUT2D eigenvalue weighted by molar-refractivity contribution is -0.136. The van der Waals surface area contributed by atoms with E-state index in [2.05, 4.69) is 4.98 Å². The summed E-state index contributed by atoms with van der Waals surface area (Å²) in [7, 11) is 1.51. The van der Waals surface area contributed by atoms with E-state index in [0.717, 1.165) is 13.1 Å². The zero-order valence-electron chi connectivity index (χ0n) is 14.1. The predicted molar refractivity (Wildman–Crippen MR) is 87.3 cm³/mol. The molecule has 6 heteroatoms. The molecule has 1 aliphatic heterocycles. The Balaban J connectivity index is 1.99. The van der Waals surface area contributed by atoms with Gasteiger partial charge in [-0.05, 0) is 38.8 Å². The second-order valence-corrected chi connectivity index (χ2v) is 5.64. The molecule has 0 unspecified atom stereocenters. The van der Waals surface area contributed by atoms with Gasteiger partial charge in [0.15, 0.2) is 0 Å². The summed E-state index contributed by atoms with van der Waals surface area (Å²) in [5, 5.41) is 0. The molecular weight excluding hydrogens is 294 g/mol. The summed E-state index contributed by atoms with van der Waals surface area (Å²) in [5.74, 6) is 0.498. The van der Waals surface area contributed by atoms with Crippen LogP contribution in [0.5, 0.6) is 5.88 Å². The molecule has 1 fully saturated rings. The van der Waals surface area contributed by atoms with Gasteiger partial charge < -0.3 is 14.5 Å². The highest BCUT2D eigenvalue weighted by molar-refractivity contribution is 5.96. The third-order valence-corrected chi connectivity index (χ3v) is 4.40. The minimum absolute atomic E-state index is 0.0229. The fourth-order valence-electron chi connectivity index (χ4n) is 3.01. The highest BCUT2D eigenvalue weighted by Gasteiger charge is 2.30. The van der Waals surface area contributed by atoms with E-state index in [-0.39, 0.29) is 17.7 Å². The molecule has 2 amide bonds. The number of rotatable bonds is 5. The van der Waals surface area contributed by atoms with Crippen molar-refractivity contribution in [3.63, 3.8) is 0 Å². The summed E-state index contributed by atoms with van der Waals surface area (Å²) in [6.07, 6.45) is 3.03. The molecule has 1 aliphatic rings. The summed E-state index contributed by atoms with van der Waals surface area (Å²) in [6, 6.07) is 3.45. The van der Waals surface area contributed by atoms with E-state index >= 15 is 0 Å². The number of pyridine rings is 1. The summed E-state index contributed by atoms with van der Waals surface area (Å²) in [4.78, 5) is 32.7. The largest absolute Gasteiger partial charge is 0.480 e. The van der Waals surface area contributed by atoms with Crippen LogP contribution in [0.15, 0.2) is 18.3 Å². The highest BCUT2D eigenvalue weighted by atomic mass is 16.5. The van der Waals surface area contributed by atoms with Gasteiger partial charge in [-0.2, -0.15) is 0 Å². The molecule has 0 bridgehead atoms. The van der Waals surface area contributed by atoms with Crippen molar-refractivity contribution in [3.8, 4) is 5.88 Å². The Morgan fingerprint density at radius 3 is 2.52 bits per heavy atom. The lowest BCUT2D eigenvalue weighted by Gasteiger charge is -2.33. The number of carbonyl (C=O) groups excluding carboxylic acids is 2. The summed E-state index contributed by atoms with van der Waals surface area (Å²) in [6.45, 7) is 6.65. The van der Waals surface area contributed by atoms with Gasteiger partial charge in [0.25, 0.3) is 5.91 Å². The Kier molecular flexibility index (Phi) is 5.96. The fourth-order valence-corrected chi connectivity index (χ4v) is 3.01. The van der Waals surface area contributed by atoms with Crippen LogP contribution in [0.3, 0.4) is 0 Å². The topological polar surface area (TPSA) is 62.7 Å². The zero-order chi connectivity index (χ0) is 16.8. The van der Waals surface area contributed by atoms with Crippen LogP contribution in [-0.2, 0) is 4.79 Å². The molecule has 1 saturated heterocycles. The van der Waals surface area contributed by atoms with Crippen LogP contribution < -0.4 is 4.74 Å². The van der Waals surface area contributed by atoms with Crippen LogP contribution in [0, 0.1) is 5.92 Å². The van der Waals surface area contributed by atoms with Crippen molar-refractivity contribution in [1.29, 1.82) is 0 Å². The molecule has 0 spiro atoms. The van der Waals surface area contributed by atoms with Crippen LogP contribution in [0.25, 0.3) is 0 Å². The first kappa shape index (κ1) is 17.2. The lowest BCUT2D eigenvalue weighted by Crippen LogP contribution is -2.44. The Labute approximate surface area is 137 Å². The van der Waals surface area contributed by atoms with Crippen molar-refractivity contribution >= 4 is 11.8 Å². The second-order valence-electron chi connectivity index (χ2n) is 5.64. The molecule has 2 heterocycles. The van der Waals surface area contributed by atoms with Gasteiger partial charge in [0, 0.05) is 38.3 Å². The van der Waals surface area contributed by atoms with E-state index in [4.69, 9.17) is 4.74 Å². The van der Waals surface area contributed by atoms with Crippen LogP contribution in [-0.4, -0.2) is 59.9 Å². The van der Waals surface area contributed by atoms with Gasteiger partial charge >= 0.3 is 0 Å². The molecular formula is C17H25N3O3. The second kappa shape index (κ2) is 7.94. The Hall–Kier alpha value is -2.11. The van der Waals surface area contributed by atoms with Crippen LogP contribution in [0.4, 0.5) is 0 Å². The van der Waals surface area contributed by atoms with E-state index in [0.29, 0.717) is 37.4 Å². The number of methoxy groups -OCH3 is 1. The first-order valence-electron chi connectivity index (χ1n) is 8.19. The van der Waals surface area contributed by atoms with Gasteiger partial charge in [-0.1, -0.05) is 0 Å². The third-order valence-electron chi connectivity index (χ3n) is 4.40. The number of hydrogen-bond acceptors (Lipinski definition) is 4. The molecule has 23 heavy (non-hydrogen) atoms. The van der Waals surface area contributed by atoms with Crippen molar-refractivity contribution < 1.29 is 14.3 Å². The monoisotopic (exact) mass is 319 g/mol. The number of aromatic nitrogens is 1. The maximum atomic E-state index is 12.6. The first-order valence-corrected chi connectivity index (χ1v) is 8.19. The molecule has 0 aliphatic carbocycles. The van der Waals surface area contributed by atoms with Crippen LogP contribution >= 0.6 is 0 Å². The van der Waals surface area contributed by atoms with E-state index in [1.807, 2.05) is 18.7 Å². The van der Waals surface area contributed by atoms with Gasteiger partial charge in [-0.15, -0.1) is 0 Å². The molecule has 1 aromatic rings. The quantitative estimate of drug-likeness (QED) is 0.830. The fraction of sp³-hybridized carbons (Fsp3) is 0.588. The van der Waals surface area contributed by atoms with Gasteiger partial charge in [-0.3, -0.25) is 9.59 Å². The number of likely N-dealkylation sites (tertiary alicyclic amines) is 1. The van der Waals surface area contributed by atoms with Gasteiger partial charge in [0.05, 0.1) is 7.11 Å². The number of piperidine rings is 1. The first-order chi connectivity index (χ1) is 11.1. The maximum absolute atomic E-state index is 12.6. The molecule has 0 N–H and O–H groups in total. The Morgan fingerprint density at radius 2 is 1.96 bits per heavy atom. The van der Waals surface area contributed by atoms with E-state index < -0.39 is 0 Å². The minimum atomic E-state index is -0.0799. The minimum Gasteiger partial charge on any atom is -0.480 e. The van der Waals surface area contributed by atoms with E-state index in [9.17, 15) is 9.59 Å². The van der Waals surface area contributed by atoms with Crippen LogP contribution in [0.2, 0.25) is 0 Å². The number of carbonyl (C=O) groups is 2. The van der Waals surface area contributed by atoms with Gasteiger partial charge in [0.1, 0.15) is 5.56 Å². The zero-order valence-corrected chi connectivity index (χ0v) is 14.1. The maximum Gasteiger partial charge on any atom is 0.259 e. The highest BCUT2D eigenvalue weighted by Crippen LogP contribution is 2.23. The van der Waals surface area contributed by atoms with Crippen LogP contribution in [0.1, 0.15) is 37.0 Å².